The molecule has 0 radical (unpaired) electrons. The Hall–Kier alpha value is -2.15. The maximum absolute atomic E-state index is 12.1. The van der Waals surface area contributed by atoms with Crippen LogP contribution in [-0.2, 0) is 19.6 Å². The summed E-state index contributed by atoms with van der Waals surface area (Å²) >= 11 is 0.579. The van der Waals surface area contributed by atoms with E-state index in [4.69, 9.17) is 16.0 Å². The monoisotopic (exact) mass is 361 g/mol. The third-order valence-electron chi connectivity index (χ3n) is 2.37. The van der Waals surface area contributed by atoms with Gasteiger partial charge in [0.15, 0.2) is 0 Å². The Morgan fingerprint density at radius 2 is 2.04 bits per heavy atom. The van der Waals surface area contributed by atoms with Crippen LogP contribution in [0.15, 0.2) is 27.6 Å². The first-order valence-electron chi connectivity index (χ1n) is 6.14. The van der Waals surface area contributed by atoms with Gasteiger partial charge in [0.2, 0.25) is 9.47 Å². The van der Waals surface area contributed by atoms with Crippen LogP contribution in [0.5, 0.6) is 0 Å². The zero-order valence-electron chi connectivity index (χ0n) is 12.0. The van der Waals surface area contributed by atoms with Crippen LogP contribution in [-0.4, -0.2) is 42.1 Å². The number of aromatic nitrogens is 2. The fraction of sp³-hybridized carbons (Fsp3) is 0.273. The third-order valence-corrected chi connectivity index (χ3v) is 4.52. The van der Waals surface area contributed by atoms with Crippen molar-refractivity contribution in [2.24, 2.45) is 10.9 Å². The van der Waals surface area contributed by atoms with Gasteiger partial charge in [-0.1, -0.05) is 17.4 Å². The molecule has 0 aliphatic rings. The fourth-order valence-corrected chi connectivity index (χ4v) is 2.62. The van der Waals surface area contributed by atoms with Gasteiger partial charge < -0.3 is 10.8 Å². The SMILES string of the molecule is C/C(=C\C(=C/CCN)C(=O)Nc1nnc(S(N)(=O)=O)s1)C(=O)O. The van der Waals surface area contributed by atoms with Gasteiger partial charge in [0.05, 0.1) is 0 Å². The number of hydrogen-bond donors (Lipinski definition) is 4. The van der Waals surface area contributed by atoms with Gasteiger partial charge in [-0.25, -0.2) is 18.4 Å². The van der Waals surface area contributed by atoms with Gasteiger partial charge in [0, 0.05) is 11.1 Å². The minimum atomic E-state index is -4.01. The second kappa shape index (κ2) is 7.92. The van der Waals surface area contributed by atoms with Crippen LogP contribution in [0.4, 0.5) is 5.13 Å². The van der Waals surface area contributed by atoms with E-state index >= 15 is 0 Å². The molecule has 0 spiro atoms. The van der Waals surface area contributed by atoms with Crippen molar-refractivity contribution in [1.29, 1.82) is 0 Å². The van der Waals surface area contributed by atoms with Crippen molar-refractivity contribution in [3.63, 3.8) is 0 Å². The van der Waals surface area contributed by atoms with Gasteiger partial charge in [-0.2, -0.15) is 0 Å². The van der Waals surface area contributed by atoms with Crippen molar-refractivity contribution in [3.05, 3.63) is 23.3 Å². The molecule has 10 nitrogen and oxygen atoms in total. The molecular formula is C11H15N5O5S2. The van der Waals surface area contributed by atoms with Crippen LogP contribution in [0, 0.1) is 0 Å². The first-order valence-corrected chi connectivity index (χ1v) is 8.51. The molecule has 0 fully saturated rings. The van der Waals surface area contributed by atoms with Gasteiger partial charge in [-0.3, -0.25) is 10.1 Å². The quantitative estimate of drug-likeness (QED) is 0.283. The number of primary sulfonamides is 1. The zero-order chi connectivity index (χ0) is 17.6. The predicted octanol–water partition coefficient (Wildman–Crippen LogP) is -0.570. The summed E-state index contributed by atoms with van der Waals surface area (Å²) in [7, 11) is -4.01. The van der Waals surface area contributed by atoms with E-state index in [-0.39, 0.29) is 22.8 Å². The molecule has 0 unspecified atom stereocenters. The van der Waals surface area contributed by atoms with Crippen LogP contribution in [0.3, 0.4) is 0 Å². The van der Waals surface area contributed by atoms with Crippen LogP contribution >= 0.6 is 11.3 Å². The maximum atomic E-state index is 12.1. The Kier molecular flexibility index (Phi) is 6.50. The number of carboxylic acid groups (broad SMARTS) is 1. The largest absolute Gasteiger partial charge is 0.478 e. The molecule has 1 heterocycles. The third kappa shape index (κ3) is 5.86. The molecule has 1 aromatic heterocycles. The van der Waals surface area contributed by atoms with E-state index in [1.807, 2.05) is 0 Å². The zero-order valence-corrected chi connectivity index (χ0v) is 13.6. The lowest BCUT2D eigenvalue weighted by atomic mass is 10.1. The van der Waals surface area contributed by atoms with Gasteiger partial charge in [-0.05, 0) is 26.0 Å². The lowest BCUT2D eigenvalue weighted by molar-refractivity contribution is -0.132. The van der Waals surface area contributed by atoms with Crippen LogP contribution in [0.2, 0.25) is 0 Å². The average molecular weight is 361 g/mol. The molecule has 0 aliphatic heterocycles. The smallest absolute Gasteiger partial charge is 0.331 e. The molecule has 1 aromatic rings. The summed E-state index contributed by atoms with van der Waals surface area (Å²) in [6.45, 7) is 1.60. The van der Waals surface area contributed by atoms with E-state index in [1.165, 1.54) is 19.1 Å². The number of hydrogen-bond acceptors (Lipinski definition) is 8. The number of carboxylic acids is 1. The lowest BCUT2D eigenvalue weighted by Gasteiger charge is -2.03. The molecule has 0 bridgehead atoms. The molecule has 12 heteroatoms. The molecule has 1 rings (SSSR count). The molecule has 1 amide bonds. The average Bonchev–Trinajstić information content (AvgIpc) is 2.91. The number of anilines is 1. The standard InChI is InChI=1S/C11H15N5O5S2/c1-6(9(18)19)5-7(3-2-4-12)8(17)14-10-15-16-11(22-10)23(13,20)21/h3,5H,2,4,12H2,1H3,(H,18,19)(H2,13,20,21)(H,14,15,17)/b6-5+,7-3+. The highest BCUT2D eigenvalue weighted by atomic mass is 32.2. The predicted molar refractivity (Wildman–Crippen MR) is 83.1 cm³/mol. The first-order chi connectivity index (χ1) is 10.6. The minimum absolute atomic E-state index is 0.0501. The van der Waals surface area contributed by atoms with E-state index < -0.39 is 26.2 Å². The molecule has 23 heavy (non-hydrogen) atoms. The number of sulfonamides is 1. The Balaban J connectivity index is 3.00. The highest BCUT2D eigenvalue weighted by Crippen LogP contribution is 2.19. The molecule has 0 saturated carbocycles. The van der Waals surface area contributed by atoms with Crippen LogP contribution < -0.4 is 16.2 Å². The number of nitrogens with two attached hydrogens (primary N) is 2. The number of carbonyl (C=O) groups excluding carboxylic acids is 1. The summed E-state index contributed by atoms with van der Waals surface area (Å²) < 4.78 is 21.8. The molecule has 0 aromatic carbocycles. The molecule has 6 N–H and O–H groups in total. The van der Waals surface area contributed by atoms with Crippen LogP contribution in [0.1, 0.15) is 13.3 Å². The van der Waals surface area contributed by atoms with Crippen molar-refractivity contribution in [2.45, 2.75) is 17.7 Å². The van der Waals surface area contributed by atoms with E-state index in [0.717, 1.165) is 0 Å². The summed E-state index contributed by atoms with van der Waals surface area (Å²) in [6.07, 6.45) is 2.99. The molecule has 0 atom stereocenters. The number of nitrogens with zero attached hydrogens (tertiary/aromatic N) is 2. The molecule has 126 valence electrons. The van der Waals surface area contributed by atoms with Gasteiger partial charge in [-0.15, -0.1) is 10.2 Å². The number of aliphatic carboxylic acids is 1. The van der Waals surface area contributed by atoms with E-state index in [2.05, 4.69) is 15.5 Å². The highest BCUT2D eigenvalue weighted by molar-refractivity contribution is 7.91. The van der Waals surface area contributed by atoms with Crippen molar-refractivity contribution < 1.29 is 23.1 Å². The van der Waals surface area contributed by atoms with Crippen molar-refractivity contribution >= 4 is 38.4 Å². The Bertz CT molecular complexity index is 766. The van der Waals surface area contributed by atoms with Crippen molar-refractivity contribution in [3.8, 4) is 0 Å². The summed E-state index contributed by atoms with van der Waals surface area (Å²) in [5.74, 6) is -1.85. The summed E-state index contributed by atoms with van der Waals surface area (Å²) in [4.78, 5) is 23.0. The van der Waals surface area contributed by atoms with Gasteiger partial charge in [0.1, 0.15) is 0 Å². The minimum Gasteiger partial charge on any atom is -0.478 e. The van der Waals surface area contributed by atoms with Crippen molar-refractivity contribution in [1.82, 2.24) is 10.2 Å². The summed E-state index contributed by atoms with van der Waals surface area (Å²) in [5.41, 5.74) is 5.37. The van der Waals surface area contributed by atoms with Gasteiger partial charge in [0.25, 0.3) is 15.9 Å². The Morgan fingerprint density at radius 1 is 1.39 bits per heavy atom. The maximum Gasteiger partial charge on any atom is 0.331 e. The molecule has 0 saturated heterocycles. The Morgan fingerprint density at radius 3 is 2.52 bits per heavy atom. The highest BCUT2D eigenvalue weighted by Gasteiger charge is 2.17. The normalized spacial score (nSPS) is 13.0. The van der Waals surface area contributed by atoms with E-state index in [0.29, 0.717) is 17.8 Å². The van der Waals surface area contributed by atoms with Crippen molar-refractivity contribution in [2.75, 3.05) is 11.9 Å². The summed E-state index contributed by atoms with van der Waals surface area (Å²) in [5, 5.41) is 22.8. The molecular weight excluding hydrogens is 346 g/mol. The number of nitrogens with one attached hydrogen (secondary N) is 1. The number of carbonyl (C=O) groups is 2. The topological polar surface area (TPSA) is 178 Å². The number of amides is 1. The molecule has 0 aliphatic carbocycles. The second-order valence-corrected chi connectivity index (χ2v) is 6.95. The summed E-state index contributed by atoms with van der Waals surface area (Å²) in [6, 6.07) is 0. The lowest BCUT2D eigenvalue weighted by Crippen LogP contribution is -2.14. The first kappa shape index (κ1) is 18.9. The van der Waals surface area contributed by atoms with Crippen LogP contribution in [0.25, 0.3) is 0 Å². The van der Waals surface area contributed by atoms with E-state index in [1.54, 1.807) is 0 Å². The Labute approximate surface area is 135 Å². The van der Waals surface area contributed by atoms with E-state index in [9.17, 15) is 18.0 Å². The number of rotatable bonds is 7. The fourth-order valence-electron chi connectivity index (χ4n) is 1.30. The second-order valence-electron chi connectivity index (χ2n) is 4.24. The van der Waals surface area contributed by atoms with Gasteiger partial charge >= 0.3 is 5.97 Å².